The predicted molar refractivity (Wildman–Crippen MR) is 87.7 cm³/mol. The molecule has 140 valence electrons. The van der Waals surface area contributed by atoms with Crippen molar-refractivity contribution in [2.45, 2.75) is 18.0 Å². The number of carbonyl (C=O) groups is 1. The Labute approximate surface area is 146 Å². The molecule has 1 aromatic heterocycles. The average molecular weight is 389 g/mol. The maximum absolute atomic E-state index is 12.2. The standard InChI is InChI=1S/C14H14F3N5O3S/c1-8(23)22-10-2-3-11(12(4-10)26(18,24)25)9-5-19-13(20-6-9)21-7-14(15,16)17/h2-6H,7H2,1H3,(H,22,23)(H2,18,24,25)(H,19,20,21). The number of sulfonamides is 1. The zero-order valence-corrected chi connectivity index (χ0v) is 14.1. The lowest BCUT2D eigenvalue weighted by Gasteiger charge is -2.11. The van der Waals surface area contributed by atoms with Gasteiger partial charge in [-0.3, -0.25) is 4.79 Å². The quantitative estimate of drug-likeness (QED) is 0.715. The molecule has 0 fully saturated rings. The van der Waals surface area contributed by atoms with Crippen LogP contribution in [0.2, 0.25) is 0 Å². The molecule has 0 atom stereocenters. The van der Waals surface area contributed by atoms with E-state index in [0.29, 0.717) is 0 Å². The summed E-state index contributed by atoms with van der Waals surface area (Å²) in [6, 6.07) is 4.00. The molecule has 2 aromatic rings. The van der Waals surface area contributed by atoms with E-state index in [2.05, 4.69) is 15.3 Å². The molecule has 0 spiro atoms. The van der Waals surface area contributed by atoms with Gasteiger partial charge in [0, 0.05) is 36.1 Å². The summed E-state index contributed by atoms with van der Waals surface area (Å²) in [4.78, 5) is 18.3. The van der Waals surface area contributed by atoms with Crippen molar-refractivity contribution >= 4 is 27.6 Å². The monoisotopic (exact) mass is 389 g/mol. The summed E-state index contributed by atoms with van der Waals surface area (Å²) in [5.74, 6) is -0.667. The van der Waals surface area contributed by atoms with E-state index in [1.807, 2.05) is 5.32 Å². The molecule has 0 saturated heterocycles. The Balaban J connectivity index is 2.37. The molecule has 0 saturated carbocycles. The number of halogens is 3. The zero-order valence-electron chi connectivity index (χ0n) is 13.3. The first-order valence-corrected chi connectivity index (χ1v) is 8.58. The molecule has 26 heavy (non-hydrogen) atoms. The number of rotatable bonds is 5. The van der Waals surface area contributed by atoms with E-state index in [4.69, 9.17) is 5.14 Å². The maximum Gasteiger partial charge on any atom is 0.405 e. The molecule has 0 unspecified atom stereocenters. The number of nitrogens with zero attached hydrogens (tertiary/aromatic N) is 2. The highest BCUT2D eigenvalue weighted by molar-refractivity contribution is 7.89. The molecule has 12 heteroatoms. The SMILES string of the molecule is CC(=O)Nc1ccc(-c2cnc(NCC(F)(F)F)nc2)c(S(N)(=O)=O)c1. The normalized spacial score (nSPS) is 11.9. The van der Waals surface area contributed by atoms with Crippen LogP contribution in [0.15, 0.2) is 35.5 Å². The second kappa shape index (κ2) is 7.25. The fraction of sp³-hybridized carbons (Fsp3) is 0.214. The summed E-state index contributed by atoms with van der Waals surface area (Å²) in [6.45, 7) is -0.0504. The molecule has 0 bridgehead atoms. The first-order valence-electron chi connectivity index (χ1n) is 7.03. The molecule has 2 rings (SSSR count). The third kappa shape index (κ3) is 5.39. The molecule has 4 N–H and O–H groups in total. The van der Waals surface area contributed by atoms with Crippen molar-refractivity contribution in [3.05, 3.63) is 30.6 Å². The van der Waals surface area contributed by atoms with Crippen LogP contribution in [0.3, 0.4) is 0 Å². The highest BCUT2D eigenvalue weighted by Crippen LogP contribution is 2.29. The van der Waals surface area contributed by atoms with E-state index in [1.54, 1.807) is 0 Å². The van der Waals surface area contributed by atoms with E-state index in [9.17, 15) is 26.4 Å². The second-order valence-corrected chi connectivity index (χ2v) is 6.73. The highest BCUT2D eigenvalue weighted by atomic mass is 32.2. The van der Waals surface area contributed by atoms with Crippen LogP contribution in [0.5, 0.6) is 0 Å². The average Bonchev–Trinajstić information content (AvgIpc) is 2.51. The van der Waals surface area contributed by atoms with E-state index < -0.39 is 28.7 Å². The van der Waals surface area contributed by atoms with Gasteiger partial charge >= 0.3 is 6.18 Å². The fourth-order valence-electron chi connectivity index (χ4n) is 2.01. The zero-order chi connectivity index (χ0) is 19.5. The van der Waals surface area contributed by atoms with Crippen LogP contribution in [0, 0.1) is 0 Å². The van der Waals surface area contributed by atoms with Gasteiger partial charge in [0.25, 0.3) is 0 Å². The number of nitrogens with one attached hydrogen (secondary N) is 2. The molecule has 0 aliphatic carbocycles. The lowest BCUT2D eigenvalue weighted by molar-refractivity contribution is -0.115. The summed E-state index contributed by atoms with van der Waals surface area (Å²) >= 11 is 0. The summed E-state index contributed by atoms with van der Waals surface area (Å²) < 4.78 is 60.2. The van der Waals surface area contributed by atoms with Crippen molar-refractivity contribution in [3.63, 3.8) is 0 Å². The first-order chi connectivity index (χ1) is 12.0. The van der Waals surface area contributed by atoms with E-state index >= 15 is 0 Å². The van der Waals surface area contributed by atoms with Crippen LogP contribution in [0.25, 0.3) is 11.1 Å². The highest BCUT2D eigenvalue weighted by Gasteiger charge is 2.27. The van der Waals surface area contributed by atoms with Crippen LogP contribution < -0.4 is 15.8 Å². The molecule has 1 amide bonds. The minimum absolute atomic E-state index is 0.143. The van der Waals surface area contributed by atoms with E-state index in [0.717, 1.165) is 12.4 Å². The molecule has 0 aliphatic heterocycles. The fourth-order valence-corrected chi connectivity index (χ4v) is 2.80. The van der Waals surface area contributed by atoms with Crippen LogP contribution in [0.4, 0.5) is 24.8 Å². The van der Waals surface area contributed by atoms with Crippen molar-refractivity contribution in [2.75, 3.05) is 17.2 Å². The number of carbonyl (C=O) groups excluding carboxylic acids is 1. The number of anilines is 2. The Hall–Kier alpha value is -2.73. The van der Waals surface area contributed by atoms with Crippen molar-refractivity contribution < 1.29 is 26.4 Å². The Morgan fingerprint density at radius 1 is 1.23 bits per heavy atom. The van der Waals surface area contributed by atoms with Crippen LogP contribution >= 0.6 is 0 Å². The van der Waals surface area contributed by atoms with Crippen LogP contribution in [-0.4, -0.2) is 37.0 Å². The number of alkyl halides is 3. The molecule has 1 heterocycles. The van der Waals surface area contributed by atoms with Crippen molar-refractivity contribution in [2.24, 2.45) is 5.14 Å². The summed E-state index contributed by atoms with van der Waals surface area (Å²) in [6.07, 6.45) is -2.11. The van der Waals surface area contributed by atoms with Crippen molar-refractivity contribution in [1.82, 2.24) is 9.97 Å². The minimum atomic E-state index is -4.43. The van der Waals surface area contributed by atoms with Gasteiger partial charge in [0.05, 0.1) is 4.90 Å². The summed E-state index contributed by atoms with van der Waals surface area (Å²) in [5.41, 5.74) is 0.583. The number of hydrogen-bond donors (Lipinski definition) is 3. The van der Waals surface area contributed by atoms with Crippen molar-refractivity contribution in [3.8, 4) is 11.1 Å². The van der Waals surface area contributed by atoms with Gasteiger partial charge in [0.15, 0.2) is 0 Å². The number of hydrogen-bond acceptors (Lipinski definition) is 6. The number of amides is 1. The molecule has 8 nitrogen and oxygen atoms in total. The molecule has 0 aliphatic rings. The second-order valence-electron chi connectivity index (χ2n) is 5.20. The predicted octanol–water partition coefficient (Wildman–Crippen LogP) is 1.72. The Morgan fingerprint density at radius 3 is 2.35 bits per heavy atom. The summed E-state index contributed by atoms with van der Waals surface area (Å²) in [5, 5.41) is 9.63. The third-order valence-corrected chi connectivity index (χ3v) is 3.97. The topological polar surface area (TPSA) is 127 Å². The van der Waals surface area contributed by atoms with Gasteiger partial charge in [-0.1, -0.05) is 6.07 Å². The van der Waals surface area contributed by atoms with Crippen LogP contribution in [-0.2, 0) is 14.8 Å². The summed E-state index contributed by atoms with van der Waals surface area (Å²) in [7, 11) is -4.15. The minimum Gasteiger partial charge on any atom is -0.345 e. The Morgan fingerprint density at radius 2 is 1.85 bits per heavy atom. The van der Waals surface area contributed by atoms with E-state index in [1.165, 1.54) is 25.1 Å². The number of primary sulfonamides is 1. The number of benzene rings is 1. The van der Waals surface area contributed by atoms with Gasteiger partial charge in [0.2, 0.25) is 21.9 Å². The third-order valence-electron chi connectivity index (χ3n) is 3.02. The number of nitrogens with two attached hydrogens (primary N) is 1. The Bertz CT molecular complexity index is 914. The lowest BCUT2D eigenvalue weighted by Crippen LogP contribution is -2.22. The van der Waals surface area contributed by atoms with Gasteiger partial charge in [-0.05, 0) is 12.1 Å². The van der Waals surface area contributed by atoms with Gasteiger partial charge in [-0.25, -0.2) is 23.5 Å². The number of aromatic nitrogens is 2. The molecule has 0 radical (unpaired) electrons. The van der Waals surface area contributed by atoms with Gasteiger partial charge in [-0.15, -0.1) is 0 Å². The van der Waals surface area contributed by atoms with Gasteiger partial charge in [-0.2, -0.15) is 13.2 Å². The largest absolute Gasteiger partial charge is 0.405 e. The first kappa shape index (κ1) is 19.6. The molecule has 1 aromatic carbocycles. The molecular weight excluding hydrogens is 375 g/mol. The smallest absolute Gasteiger partial charge is 0.345 e. The van der Waals surface area contributed by atoms with Gasteiger partial charge in [0.1, 0.15) is 6.54 Å². The lowest BCUT2D eigenvalue weighted by atomic mass is 10.1. The van der Waals surface area contributed by atoms with Crippen LogP contribution in [0.1, 0.15) is 6.92 Å². The van der Waals surface area contributed by atoms with Crippen molar-refractivity contribution in [1.29, 1.82) is 0 Å². The van der Waals surface area contributed by atoms with E-state index in [-0.39, 0.29) is 27.7 Å². The maximum atomic E-state index is 12.2. The molecular formula is C14H14F3N5O3S. The Kier molecular flexibility index (Phi) is 5.47. The van der Waals surface area contributed by atoms with Gasteiger partial charge < -0.3 is 10.6 Å².